The zero-order valence-corrected chi connectivity index (χ0v) is 13.8. The Balaban J connectivity index is 2.07. The van der Waals surface area contributed by atoms with E-state index in [2.05, 4.69) is 11.2 Å². The maximum Gasteiger partial charge on any atom is 0.338 e. The van der Waals surface area contributed by atoms with Crippen molar-refractivity contribution in [3.05, 3.63) is 34.9 Å². The van der Waals surface area contributed by atoms with E-state index in [1.165, 1.54) is 23.1 Å². The topological polar surface area (TPSA) is 92.8 Å². The van der Waals surface area contributed by atoms with E-state index in [1.807, 2.05) is 6.92 Å². The maximum absolute atomic E-state index is 12.3. The van der Waals surface area contributed by atoms with E-state index in [0.29, 0.717) is 13.0 Å². The van der Waals surface area contributed by atoms with E-state index in [-0.39, 0.29) is 29.1 Å². The first kappa shape index (κ1) is 18.2. The van der Waals surface area contributed by atoms with Gasteiger partial charge in [-0.3, -0.25) is 19.3 Å². The molecule has 7 heteroatoms. The average Bonchev–Trinajstić information content (AvgIpc) is 2.86. The van der Waals surface area contributed by atoms with Crippen LogP contribution in [0.1, 0.15) is 50.8 Å². The first-order valence-electron chi connectivity index (χ1n) is 7.87. The molecule has 1 aromatic carbocycles. The van der Waals surface area contributed by atoms with Crippen LogP contribution in [-0.4, -0.2) is 48.3 Å². The quantitative estimate of drug-likeness (QED) is 0.453. The minimum Gasteiger partial charge on any atom is -0.452 e. The minimum atomic E-state index is -0.758. The molecular weight excluding hydrogens is 324 g/mol. The smallest absolute Gasteiger partial charge is 0.338 e. The minimum absolute atomic E-state index is 0.0411. The van der Waals surface area contributed by atoms with Gasteiger partial charge in [-0.05, 0) is 24.6 Å². The van der Waals surface area contributed by atoms with Crippen molar-refractivity contribution >= 4 is 23.7 Å². The van der Waals surface area contributed by atoms with E-state index < -0.39 is 24.4 Å². The van der Waals surface area contributed by atoms with Gasteiger partial charge < -0.3 is 10.1 Å². The fourth-order valence-electron chi connectivity index (χ4n) is 2.35. The lowest BCUT2D eigenvalue weighted by molar-refractivity contribution is -0.123. The standard InChI is InChI=1S/C18H18N2O5/c1-3-5-9-20-16(22)13-7-6-12(10-14(13)17(20)23)18(24)25-11-15(21)19-8-4-2/h2,6-7,10H,3,5,8-9,11H2,1H3,(H,19,21). The fourth-order valence-corrected chi connectivity index (χ4v) is 2.35. The number of fused-ring (bicyclic) bond motifs is 1. The number of unbranched alkanes of at least 4 members (excludes halogenated alkanes) is 1. The highest BCUT2D eigenvalue weighted by molar-refractivity contribution is 6.21. The van der Waals surface area contributed by atoms with Crippen LogP contribution in [0.2, 0.25) is 0 Å². The first-order valence-corrected chi connectivity index (χ1v) is 7.87. The highest BCUT2D eigenvalue weighted by Crippen LogP contribution is 2.24. The highest BCUT2D eigenvalue weighted by atomic mass is 16.5. The molecule has 0 radical (unpaired) electrons. The SMILES string of the molecule is C#CCNC(=O)COC(=O)c1ccc2c(c1)C(=O)N(CCCC)C2=O. The molecule has 1 aliphatic heterocycles. The number of amides is 3. The molecule has 0 bridgehead atoms. The summed E-state index contributed by atoms with van der Waals surface area (Å²) in [4.78, 5) is 49.1. The number of carbonyl (C=O) groups is 4. The summed E-state index contributed by atoms with van der Waals surface area (Å²) in [6, 6.07) is 4.15. The van der Waals surface area contributed by atoms with Crippen molar-refractivity contribution in [2.75, 3.05) is 19.7 Å². The van der Waals surface area contributed by atoms with Gasteiger partial charge in [0.2, 0.25) is 0 Å². The number of esters is 1. The Morgan fingerprint density at radius 1 is 1.24 bits per heavy atom. The number of benzene rings is 1. The lowest BCUT2D eigenvalue weighted by Crippen LogP contribution is -2.30. The van der Waals surface area contributed by atoms with Crippen molar-refractivity contribution in [1.82, 2.24) is 10.2 Å². The van der Waals surface area contributed by atoms with E-state index in [4.69, 9.17) is 11.2 Å². The van der Waals surface area contributed by atoms with Gasteiger partial charge >= 0.3 is 5.97 Å². The molecule has 0 saturated carbocycles. The summed E-state index contributed by atoms with van der Waals surface area (Å²) in [7, 11) is 0. The van der Waals surface area contributed by atoms with E-state index in [0.717, 1.165) is 6.42 Å². The van der Waals surface area contributed by atoms with Gasteiger partial charge in [-0.1, -0.05) is 19.3 Å². The number of nitrogens with zero attached hydrogens (tertiary/aromatic N) is 1. The number of ether oxygens (including phenoxy) is 1. The monoisotopic (exact) mass is 342 g/mol. The summed E-state index contributed by atoms with van der Waals surface area (Å²) < 4.78 is 4.87. The molecule has 1 aromatic rings. The first-order chi connectivity index (χ1) is 12.0. The van der Waals surface area contributed by atoms with Crippen molar-refractivity contribution in [1.29, 1.82) is 0 Å². The highest BCUT2D eigenvalue weighted by Gasteiger charge is 2.35. The van der Waals surface area contributed by atoms with Crippen molar-refractivity contribution in [3.63, 3.8) is 0 Å². The molecule has 130 valence electrons. The Hall–Kier alpha value is -3.14. The predicted molar refractivity (Wildman–Crippen MR) is 88.8 cm³/mol. The van der Waals surface area contributed by atoms with Crippen LogP contribution in [0.4, 0.5) is 0 Å². The van der Waals surface area contributed by atoms with Crippen molar-refractivity contribution in [3.8, 4) is 12.3 Å². The zero-order chi connectivity index (χ0) is 18.4. The fraction of sp³-hybridized carbons (Fsp3) is 0.333. The van der Waals surface area contributed by atoms with Crippen LogP contribution in [0.3, 0.4) is 0 Å². The van der Waals surface area contributed by atoms with Crippen LogP contribution in [0.25, 0.3) is 0 Å². The largest absolute Gasteiger partial charge is 0.452 e. The molecule has 0 aliphatic carbocycles. The van der Waals surface area contributed by atoms with Crippen LogP contribution in [0.15, 0.2) is 18.2 Å². The summed E-state index contributed by atoms with van der Waals surface area (Å²) >= 11 is 0. The Labute approximate surface area is 145 Å². The van der Waals surface area contributed by atoms with Crippen LogP contribution in [0.5, 0.6) is 0 Å². The Morgan fingerprint density at radius 2 is 1.96 bits per heavy atom. The van der Waals surface area contributed by atoms with Gasteiger partial charge in [0.15, 0.2) is 6.61 Å². The van der Waals surface area contributed by atoms with Crippen molar-refractivity contribution in [2.45, 2.75) is 19.8 Å². The van der Waals surface area contributed by atoms with Gasteiger partial charge in [-0.25, -0.2) is 4.79 Å². The second kappa shape index (κ2) is 8.11. The number of imide groups is 1. The Morgan fingerprint density at radius 3 is 2.64 bits per heavy atom. The Kier molecular flexibility index (Phi) is 5.90. The Bertz CT molecular complexity index is 763. The maximum atomic E-state index is 12.3. The van der Waals surface area contributed by atoms with E-state index >= 15 is 0 Å². The lowest BCUT2D eigenvalue weighted by Gasteiger charge is -2.12. The summed E-state index contributed by atoms with van der Waals surface area (Å²) in [5.41, 5.74) is 0.541. The molecule has 1 heterocycles. The molecule has 1 N–H and O–H groups in total. The molecule has 7 nitrogen and oxygen atoms in total. The normalized spacial score (nSPS) is 12.6. The van der Waals surface area contributed by atoms with Gasteiger partial charge in [0.05, 0.1) is 23.2 Å². The number of nitrogens with one attached hydrogen (secondary N) is 1. The van der Waals surface area contributed by atoms with Gasteiger partial charge in [0.25, 0.3) is 17.7 Å². The molecule has 1 aliphatic rings. The molecular formula is C18H18N2O5. The van der Waals surface area contributed by atoms with E-state index in [9.17, 15) is 19.2 Å². The third kappa shape index (κ3) is 4.04. The second-order valence-corrected chi connectivity index (χ2v) is 5.43. The van der Waals surface area contributed by atoms with Crippen LogP contribution < -0.4 is 5.32 Å². The average molecular weight is 342 g/mol. The van der Waals surface area contributed by atoms with Crippen LogP contribution in [-0.2, 0) is 9.53 Å². The molecule has 0 saturated heterocycles. The van der Waals surface area contributed by atoms with Crippen LogP contribution >= 0.6 is 0 Å². The van der Waals surface area contributed by atoms with Gasteiger partial charge in [-0.15, -0.1) is 6.42 Å². The third-order valence-electron chi connectivity index (χ3n) is 3.66. The molecule has 3 amide bonds. The summed E-state index contributed by atoms with van der Waals surface area (Å²) in [5.74, 6) is 0.165. The lowest BCUT2D eigenvalue weighted by atomic mass is 10.1. The summed E-state index contributed by atoms with van der Waals surface area (Å²) in [6.07, 6.45) is 6.58. The molecule has 0 aromatic heterocycles. The molecule has 2 rings (SSSR count). The molecule has 25 heavy (non-hydrogen) atoms. The predicted octanol–water partition coefficient (Wildman–Crippen LogP) is 0.989. The number of carbonyl (C=O) groups excluding carboxylic acids is 4. The second-order valence-electron chi connectivity index (χ2n) is 5.43. The third-order valence-corrected chi connectivity index (χ3v) is 3.66. The number of hydrogen-bond donors (Lipinski definition) is 1. The van der Waals surface area contributed by atoms with Gasteiger partial charge in [0, 0.05) is 6.54 Å². The number of rotatable bonds is 7. The summed E-state index contributed by atoms with van der Waals surface area (Å²) in [6.45, 7) is 1.87. The number of hydrogen-bond acceptors (Lipinski definition) is 5. The van der Waals surface area contributed by atoms with Crippen molar-refractivity contribution in [2.24, 2.45) is 0 Å². The number of terminal acetylenes is 1. The van der Waals surface area contributed by atoms with Crippen LogP contribution in [0, 0.1) is 12.3 Å². The molecule has 0 spiro atoms. The molecule has 0 fully saturated rings. The van der Waals surface area contributed by atoms with Gasteiger partial charge in [0.1, 0.15) is 0 Å². The zero-order valence-electron chi connectivity index (χ0n) is 13.8. The van der Waals surface area contributed by atoms with Crippen molar-refractivity contribution < 1.29 is 23.9 Å². The molecule has 0 atom stereocenters. The van der Waals surface area contributed by atoms with Gasteiger partial charge in [-0.2, -0.15) is 0 Å². The molecule has 0 unspecified atom stereocenters. The van der Waals surface area contributed by atoms with E-state index in [1.54, 1.807) is 0 Å². The summed E-state index contributed by atoms with van der Waals surface area (Å²) in [5, 5.41) is 2.36.